The Morgan fingerprint density at radius 1 is 1.31 bits per heavy atom. The highest BCUT2D eigenvalue weighted by atomic mass is 35.5. The fraction of sp³-hybridized carbons (Fsp3) is 0.714. The molecule has 0 fully saturated rings. The Morgan fingerprint density at radius 2 is 1.81 bits per heavy atom. The van der Waals surface area contributed by atoms with Crippen LogP contribution in [-0.4, -0.2) is 41.5 Å². The van der Waals surface area contributed by atoms with E-state index in [0.29, 0.717) is 6.54 Å². The largest absolute Gasteiger partial charge is 0.332 e. The second-order valence-electron chi connectivity index (χ2n) is 3.16. The van der Waals surface area contributed by atoms with Gasteiger partial charge in [-0.1, -0.05) is 46.4 Å². The molecule has 0 amide bonds. The summed E-state index contributed by atoms with van der Waals surface area (Å²) in [5, 5.41) is 0.219. The second kappa shape index (κ2) is 5.08. The van der Waals surface area contributed by atoms with Crippen LogP contribution in [-0.2, 0) is 10.0 Å². The number of hydrogen-bond acceptors (Lipinski definition) is 3. The summed E-state index contributed by atoms with van der Waals surface area (Å²) in [5.41, 5.74) is -2.05. The molecule has 94 valence electrons. The summed E-state index contributed by atoms with van der Waals surface area (Å²) in [5.74, 6) is 0. The van der Waals surface area contributed by atoms with E-state index >= 15 is 0 Å². The van der Waals surface area contributed by atoms with E-state index in [1.165, 1.54) is 4.90 Å². The van der Waals surface area contributed by atoms with Crippen molar-refractivity contribution >= 4 is 56.4 Å². The lowest BCUT2D eigenvalue weighted by Gasteiger charge is -2.41. The number of sulfonamides is 1. The first-order valence-corrected chi connectivity index (χ1v) is 7.78. The van der Waals surface area contributed by atoms with Crippen LogP contribution in [0.1, 0.15) is 6.92 Å². The Labute approximate surface area is 115 Å². The SMILES string of the molecule is CCN1C(Cl)=C(Cl)C(Cl)N(S(C)(=O)=O)C1Cl. The van der Waals surface area contributed by atoms with E-state index in [1.807, 2.05) is 0 Å². The fourth-order valence-electron chi connectivity index (χ4n) is 1.30. The molecule has 0 aromatic heterocycles. The van der Waals surface area contributed by atoms with E-state index in [4.69, 9.17) is 46.4 Å². The number of hydrogen-bond donors (Lipinski definition) is 0. The summed E-state index contributed by atoms with van der Waals surface area (Å²) in [6, 6.07) is 0. The maximum Gasteiger partial charge on any atom is 0.215 e. The molecule has 0 aromatic carbocycles. The molecule has 0 aromatic rings. The first kappa shape index (κ1) is 14.7. The molecule has 0 radical (unpaired) electrons. The van der Waals surface area contributed by atoms with Crippen molar-refractivity contribution in [3.63, 3.8) is 0 Å². The molecule has 0 saturated carbocycles. The predicted molar refractivity (Wildman–Crippen MR) is 67.1 cm³/mol. The van der Waals surface area contributed by atoms with Crippen LogP contribution in [0, 0.1) is 0 Å². The third kappa shape index (κ3) is 2.54. The molecule has 2 atom stereocenters. The zero-order valence-electron chi connectivity index (χ0n) is 8.49. The van der Waals surface area contributed by atoms with E-state index in [-0.39, 0.29) is 10.2 Å². The third-order valence-electron chi connectivity index (χ3n) is 2.07. The lowest BCUT2D eigenvalue weighted by Crippen LogP contribution is -2.53. The molecule has 2 unspecified atom stereocenters. The van der Waals surface area contributed by atoms with Crippen molar-refractivity contribution in [2.75, 3.05) is 12.8 Å². The van der Waals surface area contributed by atoms with Crippen LogP contribution in [0.5, 0.6) is 0 Å². The van der Waals surface area contributed by atoms with Crippen molar-refractivity contribution < 1.29 is 8.42 Å². The minimum Gasteiger partial charge on any atom is -0.332 e. The van der Waals surface area contributed by atoms with Gasteiger partial charge in [0.25, 0.3) is 0 Å². The highest BCUT2D eigenvalue weighted by Crippen LogP contribution is 2.38. The van der Waals surface area contributed by atoms with E-state index in [2.05, 4.69) is 0 Å². The quantitative estimate of drug-likeness (QED) is 0.577. The summed E-state index contributed by atoms with van der Waals surface area (Å²) >= 11 is 23.7. The molecule has 0 aliphatic carbocycles. The van der Waals surface area contributed by atoms with Crippen molar-refractivity contribution in [2.45, 2.75) is 18.0 Å². The molecule has 16 heavy (non-hydrogen) atoms. The van der Waals surface area contributed by atoms with Gasteiger partial charge in [0.1, 0.15) is 10.7 Å². The van der Waals surface area contributed by atoms with Crippen LogP contribution in [0.25, 0.3) is 0 Å². The number of halogens is 4. The molecule has 1 rings (SSSR count). The highest BCUT2D eigenvalue weighted by molar-refractivity contribution is 7.88. The lowest BCUT2D eigenvalue weighted by atomic mass is 10.4. The Kier molecular flexibility index (Phi) is 4.66. The molecular formula is C7H10Cl4N2O2S. The average Bonchev–Trinajstić information content (AvgIpc) is 2.13. The van der Waals surface area contributed by atoms with Gasteiger partial charge in [0, 0.05) is 6.54 Å². The van der Waals surface area contributed by atoms with E-state index in [0.717, 1.165) is 10.6 Å². The third-order valence-corrected chi connectivity index (χ3v) is 5.37. The van der Waals surface area contributed by atoms with Crippen molar-refractivity contribution in [1.82, 2.24) is 9.21 Å². The first-order chi connectivity index (χ1) is 7.21. The Balaban J connectivity index is 3.27. The smallest absolute Gasteiger partial charge is 0.215 e. The molecule has 0 bridgehead atoms. The van der Waals surface area contributed by atoms with E-state index in [1.54, 1.807) is 6.92 Å². The zero-order chi connectivity index (χ0) is 12.7. The summed E-state index contributed by atoms with van der Waals surface area (Å²) in [4.78, 5) is 1.44. The van der Waals surface area contributed by atoms with Gasteiger partial charge in [-0.15, -0.1) is 4.31 Å². The monoisotopic (exact) mass is 326 g/mol. The summed E-state index contributed by atoms with van der Waals surface area (Å²) in [6.45, 7) is 2.19. The van der Waals surface area contributed by atoms with Gasteiger partial charge in [-0.2, -0.15) is 0 Å². The maximum atomic E-state index is 11.5. The van der Waals surface area contributed by atoms with Crippen LogP contribution in [0.3, 0.4) is 0 Å². The zero-order valence-corrected chi connectivity index (χ0v) is 12.3. The van der Waals surface area contributed by atoms with E-state index in [9.17, 15) is 8.42 Å². The van der Waals surface area contributed by atoms with Gasteiger partial charge in [0.05, 0.1) is 11.3 Å². The maximum absolute atomic E-state index is 11.5. The first-order valence-electron chi connectivity index (χ1n) is 4.30. The van der Waals surface area contributed by atoms with E-state index < -0.39 is 21.1 Å². The second-order valence-corrected chi connectivity index (χ2v) is 6.62. The van der Waals surface area contributed by atoms with Crippen LogP contribution < -0.4 is 0 Å². The summed E-state index contributed by atoms with van der Waals surface area (Å²) in [7, 11) is -3.57. The molecule has 0 spiro atoms. The van der Waals surface area contributed by atoms with Gasteiger partial charge in [-0.05, 0) is 6.92 Å². The van der Waals surface area contributed by atoms with Gasteiger partial charge in [0.2, 0.25) is 10.0 Å². The standard InChI is InChI=1S/C7H10Cl4N2O2S/c1-3-12-5(9)4(8)6(10)13(7(12)11)16(2,14)15/h6-7H,3H2,1-2H3. The molecule has 4 nitrogen and oxygen atoms in total. The average molecular weight is 328 g/mol. The number of nitrogens with zero attached hydrogens (tertiary/aromatic N) is 2. The van der Waals surface area contributed by atoms with Gasteiger partial charge in [-0.3, -0.25) is 0 Å². The molecule has 1 aliphatic rings. The summed E-state index contributed by atoms with van der Waals surface area (Å²) < 4.78 is 24.0. The molecule has 0 saturated heterocycles. The van der Waals surface area contributed by atoms with Crippen LogP contribution in [0.2, 0.25) is 0 Å². The Hall–Kier alpha value is 0.610. The Bertz CT molecular complexity index is 411. The van der Waals surface area contributed by atoms with Crippen LogP contribution in [0.4, 0.5) is 0 Å². The Morgan fingerprint density at radius 3 is 2.19 bits per heavy atom. The molecule has 1 heterocycles. The van der Waals surface area contributed by atoms with Crippen LogP contribution >= 0.6 is 46.4 Å². The van der Waals surface area contributed by atoms with Crippen LogP contribution in [0.15, 0.2) is 10.2 Å². The molecule has 9 heteroatoms. The minimum absolute atomic E-state index is 0.0486. The van der Waals surface area contributed by atoms with Gasteiger partial charge in [0.15, 0.2) is 5.62 Å². The number of alkyl halides is 2. The van der Waals surface area contributed by atoms with Crippen molar-refractivity contribution in [1.29, 1.82) is 0 Å². The number of rotatable bonds is 2. The van der Waals surface area contributed by atoms with Gasteiger partial charge in [-0.25, -0.2) is 8.42 Å². The fourth-order valence-corrected chi connectivity index (χ4v) is 4.35. The van der Waals surface area contributed by atoms with Gasteiger partial charge < -0.3 is 4.90 Å². The van der Waals surface area contributed by atoms with Gasteiger partial charge >= 0.3 is 0 Å². The normalized spacial score (nSPS) is 28.8. The van der Waals surface area contributed by atoms with Crippen molar-refractivity contribution in [3.05, 3.63) is 10.2 Å². The molecule has 1 aliphatic heterocycles. The highest BCUT2D eigenvalue weighted by Gasteiger charge is 2.42. The van der Waals surface area contributed by atoms with Crippen molar-refractivity contribution in [2.24, 2.45) is 0 Å². The molecular weight excluding hydrogens is 318 g/mol. The molecule has 0 N–H and O–H groups in total. The minimum atomic E-state index is -3.57. The topological polar surface area (TPSA) is 40.6 Å². The summed E-state index contributed by atoms with van der Waals surface area (Å²) in [6.07, 6.45) is 1.01. The predicted octanol–water partition coefficient (Wildman–Crippen LogP) is 2.32. The van der Waals surface area contributed by atoms with Crippen molar-refractivity contribution in [3.8, 4) is 0 Å². The lowest BCUT2D eigenvalue weighted by molar-refractivity contribution is 0.199.